The highest BCUT2D eigenvalue weighted by atomic mass is 16.7. The van der Waals surface area contributed by atoms with Crippen molar-refractivity contribution in [2.75, 3.05) is 13.2 Å². The molecule has 0 aromatic rings. The summed E-state index contributed by atoms with van der Waals surface area (Å²) in [4.78, 5) is 10.7. The topological polar surface area (TPSA) is 218 Å². The molecule has 9 N–H and O–H groups in total. The van der Waals surface area contributed by atoms with Gasteiger partial charge in [-0.05, 0) is 0 Å². The van der Waals surface area contributed by atoms with Gasteiger partial charge < -0.3 is 55.4 Å². The lowest BCUT2D eigenvalue weighted by atomic mass is 9.98. The molecular formula is C12H22O12. The Morgan fingerprint density at radius 2 is 1.62 bits per heavy atom. The van der Waals surface area contributed by atoms with E-state index >= 15 is 0 Å². The van der Waals surface area contributed by atoms with Gasteiger partial charge >= 0.3 is 5.97 Å². The molecule has 0 aliphatic carbocycles. The number of aliphatic hydroxyl groups excluding tert-OH is 8. The predicted molar refractivity (Wildman–Crippen MR) is 71.4 cm³/mol. The fourth-order valence-corrected chi connectivity index (χ4v) is 2.16. The normalized spacial score (nSPS) is 35.9. The third-order valence-corrected chi connectivity index (χ3v) is 3.62. The van der Waals surface area contributed by atoms with E-state index in [0.29, 0.717) is 0 Å². The van der Waals surface area contributed by atoms with Crippen molar-refractivity contribution in [1.29, 1.82) is 0 Å². The molecule has 24 heavy (non-hydrogen) atoms. The molecule has 1 heterocycles. The van der Waals surface area contributed by atoms with Crippen LogP contribution >= 0.6 is 0 Å². The molecule has 1 rings (SSSR count). The van der Waals surface area contributed by atoms with Crippen molar-refractivity contribution in [1.82, 2.24) is 0 Å². The van der Waals surface area contributed by atoms with Crippen LogP contribution < -0.4 is 0 Å². The van der Waals surface area contributed by atoms with Crippen LogP contribution in [0.1, 0.15) is 0 Å². The highest BCUT2D eigenvalue weighted by Crippen LogP contribution is 2.24. The van der Waals surface area contributed by atoms with E-state index in [1.54, 1.807) is 0 Å². The molecule has 0 radical (unpaired) electrons. The first-order chi connectivity index (χ1) is 11.1. The van der Waals surface area contributed by atoms with Crippen molar-refractivity contribution in [2.24, 2.45) is 0 Å². The van der Waals surface area contributed by atoms with Crippen molar-refractivity contribution in [3.63, 3.8) is 0 Å². The van der Waals surface area contributed by atoms with E-state index in [9.17, 15) is 35.4 Å². The average Bonchev–Trinajstić information content (AvgIpc) is 2.57. The van der Waals surface area contributed by atoms with Crippen LogP contribution in [0.4, 0.5) is 0 Å². The standard InChI is InChI=1S/C12H22O12/c13-1-3(15)10(7(18)8(19)11(21)22)24-12-9(20)6(17)5(16)4(2-14)23-12/h3-10,12-20H,1-2H2,(H,21,22)/t3-,4?,5-,6?,7-,8-,9?,10-,12+/m1/s1. The largest absolute Gasteiger partial charge is 0.479 e. The summed E-state index contributed by atoms with van der Waals surface area (Å²) in [6, 6.07) is 0. The lowest BCUT2D eigenvalue weighted by molar-refractivity contribution is -0.326. The molecule has 12 nitrogen and oxygen atoms in total. The van der Waals surface area contributed by atoms with Gasteiger partial charge in [-0.15, -0.1) is 0 Å². The van der Waals surface area contributed by atoms with Crippen LogP contribution in [-0.2, 0) is 14.3 Å². The van der Waals surface area contributed by atoms with Crippen LogP contribution in [0.3, 0.4) is 0 Å². The minimum Gasteiger partial charge on any atom is -0.479 e. The van der Waals surface area contributed by atoms with E-state index in [0.717, 1.165) is 0 Å². The maximum Gasteiger partial charge on any atom is 0.335 e. The van der Waals surface area contributed by atoms with E-state index in [1.807, 2.05) is 0 Å². The van der Waals surface area contributed by atoms with Crippen LogP contribution in [-0.4, -0.2) is 120 Å². The molecule has 142 valence electrons. The second kappa shape index (κ2) is 8.96. The zero-order valence-electron chi connectivity index (χ0n) is 12.4. The van der Waals surface area contributed by atoms with Gasteiger partial charge in [-0.3, -0.25) is 0 Å². The van der Waals surface area contributed by atoms with Crippen LogP contribution in [0.2, 0.25) is 0 Å². The smallest absolute Gasteiger partial charge is 0.335 e. The average molecular weight is 358 g/mol. The van der Waals surface area contributed by atoms with Gasteiger partial charge in [0.05, 0.1) is 13.2 Å². The molecular weight excluding hydrogens is 336 g/mol. The quantitative estimate of drug-likeness (QED) is 0.198. The summed E-state index contributed by atoms with van der Waals surface area (Å²) in [7, 11) is 0. The van der Waals surface area contributed by atoms with Crippen molar-refractivity contribution >= 4 is 5.97 Å². The Morgan fingerprint density at radius 1 is 1.04 bits per heavy atom. The van der Waals surface area contributed by atoms with E-state index in [-0.39, 0.29) is 0 Å². The van der Waals surface area contributed by atoms with Crippen molar-refractivity contribution in [3.05, 3.63) is 0 Å². The highest BCUT2D eigenvalue weighted by Gasteiger charge is 2.47. The maximum absolute atomic E-state index is 10.7. The Labute approximate surface area is 135 Å². The van der Waals surface area contributed by atoms with Crippen LogP contribution in [0.15, 0.2) is 0 Å². The molecule has 1 aliphatic rings. The Bertz CT molecular complexity index is 403. The van der Waals surface area contributed by atoms with Gasteiger partial charge in [0, 0.05) is 0 Å². The summed E-state index contributed by atoms with van der Waals surface area (Å²) in [6.07, 6.45) is -16.9. The van der Waals surface area contributed by atoms with Crippen molar-refractivity contribution in [3.8, 4) is 0 Å². The summed E-state index contributed by atoms with van der Waals surface area (Å²) < 4.78 is 9.98. The summed E-state index contributed by atoms with van der Waals surface area (Å²) >= 11 is 0. The van der Waals surface area contributed by atoms with E-state index in [1.165, 1.54) is 0 Å². The first-order valence-corrected chi connectivity index (χ1v) is 6.99. The molecule has 12 heteroatoms. The number of hydrogen-bond acceptors (Lipinski definition) is 11. The van der Waals surface area contributed by atoms with E-state index in [4.69, 9.17) is 24.8 Å². The molecule has 0 amide bonds. The third-order valence-electron chi connectivity index (χ3n) is 3.62. The highest BCUT2D eigenvalue weighted by molar-refractivity contribution is 5.72. The monoisotopic (exact) mass is 358 g/mol. The zero-order valence-corrected chi connectivity index (χ0v) is 12.4. The van der Waals surface area contributed by atoms with E-state index in [2.05, 4.69) is 0 Å². The van der Waals surface area contributed by atoms with E-state index < -0.39 is 74.3 Å². The number of rotatable bonds is 8. The SMILES string of the molecule is O=C(O)[C@H](O)[C@@H](O)[C@H](O[C@@H]1OC(CO)[C@@H](O)C(O)C1O)[C@H](O)CO. The summed E-state index contributed by atoms with van der Waals surface area (Å²) in [5.41, 5.74) is 0. The van der Waals surface area contributed by atoms with Gasteiger partial charge in [0.25, 0.3) is 0 Å². The lowest BCUT2D eigenvalue weighted by Gasteiger charge is -2.42. The summed E-state index contributed by atoms with van der Waals surface area (Å²) in [6.45, 7) is -1.76. The number of carbonyl (C=O) groups is 1. The number of aliphatic hydroxyl groups is 8. The van der Waals surface area contributed by atoms with Gasteiger partial charge in [0.2, 0.25) is 0 Å². The van der Waals surface area contributed by atoms with Crippen molar-refractivity contribution < 1.29 is 60.2 Å². The molecule has 0 spiro atoms. The fourth-order valence-electron chi connectivity index (χ4n) is 2.16. The number of hydrogen-bond donors (Lipinski definition) is 9. The minimum absolute atomic E-state index is 0.766. The molecule has 1 aliphatic heterocycles. The molecule has 1 fully saturated rings. The van der Waals surface area contributed by atoms with Crippen LogP contribution in [0.5, 0.6) is 0 Å². The predicted octanol–water partition coefficient (Wildman–Crippen LogP) is -5.67. The second-order valence-electron chi connectivity index (χ2n) is 5.32. The molecule has 1 saturated heterocycles. The Balaban J connectivity index is 2.94. The number of carboxylic acids is 1. The van der Waals surface area contributed by atoms with Gasteiger partial charge in [0.1, 0.15) is 42.7 Å². The molecule has 0 bridgehead atoms. The first-order valence-electron chi connectivity index (χ1n) is 6.99. The minimum atomic E-state index is -2.39. The number of carboxylic acid groups (broad SMARTS) is 1. The molecule has 3 unspecified atom stereocenters. The van der Waals surface area contributed by atoms with Gasteiger partial charge in [-0.2, -0.15) is 0 Å². The second-order valence-corrected chi connectivity index (χ2v) is 5.32. The van der Waals surface area contributed by atoms with Crippen LogP contribution in [0.25, 0.3) is 0 Å². The zero-order chi connectivity index (χ0) is 18.6. The molecule has 0 aromatic heterocycles. The van der Waals surface area contributed by atoms with Crippen LogP contribution in [0, 0.1) is 0 Å². The van der Waals surface area contributed by atoms with Crippen molar-refractivity contribution in [2.45, 2.75) is 55.1 Å². The summed E-state index contributed by atoms with van der Waals surface area (Å²) in [5, 5.41) is 84.5. The Morgan fingerprint density at radius 3 is 2.08 bits per heavy atom. The lowest BCUT2D eigenvalue weighted by Crippen LogP contribution is -2.61. The fraction of sp³-hybridized carbons (Fsp3) is 0.917. The molecule has 9 atom stereocenters. The number of aliphatic carboxylic acids is 1. The number of ether oxygens (including phenoxy) is 2. The molecule has 0 saturated carbocycles. The Hall–Kier alpha value is -0.930. The Kier molecular flexibility index (Phi) is 7.88. The maximum atomic E-state index is 10.7. The first kappa shape index (κ1) is 21.1. The summed E-state index contributed by atoms with van der Waals surface area (Å²) in [5.74, 6) is -1.84. The van der Waals surface area contributed by atoms with Gasteiger partial charge in [-0.1, -0.05) is 0 Å². The van der Waals surface area contributed by atoms with Gasteiger partial charge in [0.15, 0.2) is 12.4 Å². The molecule has 0 aromatic carbocycles. The third kappa shape index (κ3) is 4.58. The van der Waals surface area contributed by atoms with Gasteiger partial charge in [-0.25, -0.2) is 4.79 Å².